The second-order valence-corrected chi connectivity index (χ2v) is 4.61. The van der Waals surface area contributed by atoms with Crippen LogP contribution in [0.3, 0.4) is 0 Å². The van der Waals surface area contributed by atoms with E-state index >= 15 is 0 Å². The van der Waals surface area contributed by atoms with Gasteiger partial charge in [-0.3, -0.25) is 9.78 Å². The van der Waals surface area contributed by atoms with Gasteiger partial charge >= 0.3 is 0 Å². The van der Waals surface area contributed by atoms with Gasteiger partial charge in [0.05, 0.1) is 18.7 Å². The Bertz CT molecular complexity index is 368. The molecule has 1 aromatic rings. The van der Waals surface area contributed by atoms with Gasteiger partial charge in [-0.2, -0.15) is 0 Å². The Hall–Kier alpha value is -1.42. The van der Waals surface area contributed by atoms with Crippen molar-refractivity contribution in [3.8, 4) is 0 Å². The number of hydrogen-bond donors (Lipinski definition) is 1. The Balaban J connectivity index is 1.77. The highest BCUT2D eigenvalue weighted by Gasteiger charge is 2.38. The molecule has 0 saturated carbocycles. The van der Waals surface area contributed by atoms with Crippen LogP contribution in [0.4, 0.5) is 0 Å². The van der Waals surface area contributed by atoms with Crippen molar-refractivity contribution >= 4 is 5.91 Å². The number of aromatic nitrogens is 1. The second-order valence-electron chi connectivity index (χ2n) is 4.61. The van der Waals surface area contributed by atoms with Crippen molar-refractivity contribution in [3.63, 3.8) is 0 Å². The molecule has 1 saturated heterocycles. The van der Waals surface area contributed by atoms with Crippen molar-refractivity contribution in [2.45, 2.75) is 25.4 Å². The molecular weight excluding hydrogens is 204 g/mol. The first-order valence-corrected chi connectivity index (χ1v) is 5.46. The lowest BCUT2D eigenvalue weighted by atomic mass is 9.96. The number of aryl methyl sites for hydroxylation is 1. The average Bonchev–Trinajstić information content (AvgIpc) is 2.24. The summed E-state index contributed by atoms with van der Waals surface area (Å²) in [5.41, 5.74) is 0.396. The number of hydrogen-bond acceptors (Lipinski definition) is 3. The maximum Gasteiger partial charge on any atom is 0.223 e. The minimum Gasteiger partial charge on any atom is -0.386 e. The molecule has 0 spiro atoms. The van der Waals surface area contributed by atoms with E-state index in [1.54, 1.807) is 24.2 Å². The van der Waals surface area contributed by atoms with Gasteiger partial charge in [0.1, 0.15) is 0 Å². The van der Waals surface area contributed by atoms with E-state index in [1.165, 1.54) is 0 Å². The van der Waals surface area contributed by atoms with Gasteiger partial charge in [0.2, 0.25) is 5.91 Å². The van der Waals surface area contributed by atoms with Gasteiger partial charge in [-0.25, -0.2) is 0 Å². The number of pyridine rings is 1. The summed E-state index contributed by atoms with van der Waals surface area (Å²) >= 11 is 0. The summed E-state index contributed by atoms with van der Waals surface area (Å²) in [6.07, 6.45) is 4.70. The summed E-state index contributed by atoms with van der Waals surface area (Å²) in [7, 11) is 0. The standard InChI is InChI=1S/C12H16N2O2/c1-12(16)8-14(9-12)11(15)5-4-10-3-2-6-13-7-10/h2-3,6-7,16H,4-5,8-9H2,1H3. The van der Waals surface area contributed by atoms with E-state index in [1.807, 2.05) is 12.1 Å². The second kappa shape index (κ2) is 4.22. The summed E-state index contributed by atoms with van der Waals surface area (Å²) in [4.78, 5) is 17.4. The van der Waals surface area contributed by atoms with Crippen molar-refractivity contribution in [2.75, 3.05) is 13.1 Å². The minimum atomic E-state index is -0.677. The maximum atomic E-state index is 11.7. The van der Waals surface area contributed by atoms with Gasteiger partial charge < -0.3 is 10.0 Å². The van der Waals surface area contributed by atoms with Crippen molar-refractivity contribution in [1.29, 1.82) is 0 Å². The minimum absolute atomic E-state index is 0.107. The Morgan fingerprint density at radius 2 is 2.38 bits per heavy atom. The van der Waals surface area contributed by atoms with Crippen LogP contribution in [0.25, 0.3) is 0 Å². The lowest BCUT2D eigenvalue weighted by Crippen LogP contribution is -2.61. The average molecular weight is 220 g/mol. The monoisotopic (exact) mass is 220 g/mol. The van der Waals surface area contributed by atoms with Crippen molar-refractivity contribution in [3.05, 3.63) is 30.1 Å². The fourth-order valence-corrected chi connectivity index (χ4v) is 1.91. The Kier molecular flexibility index (Phi) is 2.92. The molecule has 1 aliphatic rings. The number of carbonyl (C=O) groups is 1. The molecule has 1 aliphatic heterocycles. The smallest absolute Gasteiger partial charge is 0.223 e. The molecule has 0 radical (unpaired) electrons. The lowest BCUT2D eigenvalue weighted by Gasteiger charge is -2.44. The third-order valence-corrected chi connectivity index (χ3v) is 2.77. The molecule has 2 rings (SSSR count). The van der Waals surface area contributed by atoms with Gasteiger partial charge in [0.15, 0.2) is 0 Å². The summed E-state index contributed by atoms with van der Waals surface area (Å²) < 4.78 is 0. The predicted molar refractivity (Wildman–Crippen MR) is 59.8 cm³/mol. The van der Waals surface area contributed by atoms with Crippen LogP contribution in [0, 0.1) is 0 Å². The molecule has 1 amide bonds. The Morgan fingerprint density at radius 1 is 1.62 bits per heavy atom. The van der Waals surface area contributed by atoms with E-state index in [0.717, 1.165) is 5.56 Å². The van der Waals surface area contributed by atoms with E-state index in [0.29, 0.717) is 25.9 Å². The highest BCUT2D eigenvalue weighted by Crippen LogP contribution is 2.20. The van der Waals surface area contributed by atoms with Crippen molar-refractivity contribution in [1.82, 2.24) is 9.88 Å². The summed E-state index contributed by atoms with van der Waals surface area (Å²) in [5.74, 6) is 0.107. The molecule has 4 heteroatoms. The van der Waals surface area contributed by atoms with E-state index in [4.69, 9.17) is 0 Å². The van der Waals surface area contributed by atoms with Crippen LogP contribution in [-0.2, 0) is 11.2 Å². The van der Waals surface area contributed by atoms with Crippen molar-refractivity contribution in [2.24, 2.45) is 0 Å². The van der Waals surface area contributed by atoms with E-state index in [9.17, 15) is 9.90 Å². The molecule has 0 aliphatic carbocycles. The Morgan fingerprint density at radius 3 is 2.94 bits per heavy atom. The first kappa shape index (κ1) is 11.1. The van der Waals surface area contributed by atoms with Gasteiger partial charge in [-0.05, 0) is 25.0 Å². The molecular formula is C12H16N2O2. The van der Waals surface area contributed by atoms with Gasteiger partial charge in [-0.1, -0.05) is 6.07 Å². The molecule has 86 valence electrons. The van der Waals surface area contributed by atoms with Crippen LogP contribution in [0.15, 0.2) is 24.5 Å². The zero-order chi connectivity index (χ0) is 11.6. The van der Waals surface area contributed by atoms with Crippen LogP contribution in [0.1, 0.15) is 18.9 Å². The predicted octanol–water partition coefficient (Wildman–Crippen LogP) is 0.607. The SMILES string of the molecule is CC1(O)CN(C(=O)CCc2cccnc2)C1. The summed E-state index contributed by atoms with van der Waals surface area (Å²) in [5, 5.41) is 9.51. The quantitative estimate of drug-likeness (QED) is 0.812. The van der Waals surface area contributed by atoms with E-state index in [2.05, 4.69) is 4.98 Å². The first-order chi connectivity index (χ1) is 7.57. The first-order valence-electron chi connectivity index (χ1n) is 5.46. The molecule has 16 heavy (non-hydrogen) atoms. The number of likely N-dealkylation sites (tertiary alicyclic amines) is 1. The fourth-order valence-electron chi connectivity index (χ4n) is 1.91. The van der Waals surface area contributed by atoms with Crippen LogP contribution < -0.4 is 0 Å². The zero-order valence-corrected chi connectivity index (χ0v) is 9.39. The van der Waals surface area contributed by atoms with Crippen molar-refractivity contribution < 1.29 is 9.90 Å². The maximum absolute atomic E-state index is 11.7. The third-order valence-electron chi connectivity index (χ3n) is 2.77. The number of carbonyl (C=O) groups excluding carboxylic acids is 1. The topological polar surface area (TPSA) is 53.4 Å². The number of nitrogens with zero attached hydrogens (tertiary/aromatic N) is 2. The summed E-state index contributed by atoms with van der Waals surface area (Å²) in [6, 6.07) is 3.83. The largest absolute Gasteiger partial charge is 0.386 e. The van der Waals surface area contributed by atoms with Gasteiger partial charge in [-0.15, -0.1) is 0 Å². The molecule has 1 aromatic heterocycles. The number of β-amino-alcohol motifs (C(OH)–C–C–N with tert-alkyl or cyclic N) is 1. The molecule has 1 N–H and O–H groups in total. The zero-order valence-electron chi connectivity index (χ0n) is 9.39. The Labute approximate surface area is 94.9 Å². The van der Waals surface area contributed by atoms with E-state index in [-0.39, 0.29) is 5.91 Å². The number of aliphatic hydroxyl groups is 1. The van der Waals surface area contributed by atoms with E-state index < -0.39 is 5.60 Å². The fraction of sp³-hybridized carbons (Fsp3) is 0.500. The summed E-state index contributed by atoms with van der Waals surface area (Å²) in [6.45, 7) is 2.66. The van der Waals surface area contributed by atoms with Crippen LogP contribution in [0.2, 0.25) is 0 Å². The van der Waals surface area contributed by atoms with Gasteiger partial charge in [0, 0.05) is 18.8 Å². The lowest BCUT2D eigenvalue weighted by molar-refractivity contribution is -0.152. The molecule has 1 fully saturated rings. The number of rotatable bonds is 3. The van der Waals surface area contributed by atoms with Gasteiger partial charge in [0.25, 0.3) is 0 Å². The van der Waals surface area contributed by atoms with Crippen LogP contribution in [0.5, 0.6) is 0 Å². The molecule has 2 heterocycles. The third kappa shape index (κ3) is 2.58. The molecule has 0 aromatic carbocycles. The molecule has 0 atom stereocenters. The van der Waals surface area contributed by atoms with Crippen LogP contribution in [-0.4, -0.2) is 39.6 Å². The van der Waals surface area contributed by atoms with Crippen LogP contribution >= 0.6 is 0 Å². The number of amides is 1. The molecule has 0 bridgehead atoms. The normalized spacial score (nSPS) is 18.0. The molecule has 4 nitrogen and oxygen atoms in total. The molecule has 0 unspecified atom stereocenters. The highest BCUT2D eigenvalue weighted by atomic mass is 16.3. The highest BCUT2D eigenvalue weighted by molar-refractivity contribution is 5.77.